The van der Waals surface area contributed by atoms with Crippen molar-refractivity contribution in [3.8, 4) is 0 Å². The van der Waals surface area contributed by atoms with E-state index >= 15 is 0 Å². The van der Waals surface area contributed by atoms with Gasteiger partial charge >= 0.3 is 0 Å². The minimum absolute atomic E-state index is 0. The average molecular weight is 218 g/mol. The maximum Gasteiger partial charge on any atom is -0.0155 e. The molecule has 0 unspecified atom stereocenters. The summed E-state index contributed by atoms with van der Waals surface area (Å²) in [5.74, 6) is 0. The summed E-state index contributed by atoms with van der Waals surface area (Å²) in [6.07, 6.45) is 0. The lowest BCUT2D eigenvalue weighted by atomic mass is 10.1. The summed E-state index contributed by atoms with van der Waals surface area (Å²) in [5, 5.41) is 2.68. The highest BCUT2D eigenvalue weighted by atomic mass is 14.0. The van der Waals surface area contributed by atoms with Crippen LogP contribution in [0.25, 0.3) is 10.8 Å². The van der Waals surface area contributed by atoms with Crippen LogP contribution in [0, 0.1) is 6.92 Å². The van der Waals surface area contributed by atoms with Gasteiger partial charge in [-0.1, -0.05) is 77.6 Å². The molecular weight excluding hydrogens is 192 g/mol. The second kappa shape index (κ2) is 10.2. The average Bonchev–Trinajstić information content (AvgIpc) is 2.35. The SMILES string of the molecule is C.CC.CC.Cc1cccc2ccccc12. The molecule has 0 heteroatoms. The van der Waals surface area contributed by atoms with Gasteiger partial charge in [-0.2, -0.15) is 0 Å². The van der Waals surface area contributed by atoms with Crippen LogP contribution < -0.4 is 0 Å². The second-order valence-electron chi connectivity index (χ2n) is 2.80. The fourth-order valence-corrected chi connectivity index (χ4v) is 1.39. The highest BCUT2D eigenvalue weighted by Crippen LogP contribution is 2.16. The van der Waals surface area contributed by atoms with Crippen molar-refractivity contribution in [1.82, 2.24) is 0 Å². The molecule has 0 bridgehead atoms. The van der Waals surface area contributed by atoms with Crippen molar-refractivity contribution in [3.63, 3.8) is 0 Å². The summed E-state index contributed by atoms with van der Waals surface area (Å²) in [5.41, 5.74) is 1.35. The normalized spacial score (nSPS) is 7.81. The van der Waals surface area contributed by atoms with E-state index < -0.39 is 0 Å². The third kappa shape index (κ3) is 4.48. The zero-order valence-electron chi connectivity index (χ0n) is 10.5. The molecule has 0 atom stereocenters. The van der Waals surface area contributed by atoms with E-state index in [1.165, 1.54) is 16.3 Å². The molecule has 0 aromatic heterocycles. The Kier molecular flexibility index (Phi) is 10.9. The van der Waals surface area contributed by atoms with Gasteiger partial charge in [-0.3, -0.25) is 0 Å². The van der Waals surface area contributed by atoms with Gasteiger partial charge in [-0.05, 0) is 23.3 Å². The lowest BCUT2D eigenvalue weighted by Crippen LogP contribution is -1.75. The molecule has 0 heterocycles. The molecule has 2 aromatic carbocycles. The van der Waals surface area contributed by atoms with Crippen molar-refractivity contribution >= 4 is 10.8 Å². The first-order valence-electron chi connectivity index (χ1n) is 5.82. The molecule has 0 radical (unpaired) electrons. The summed E-state index contributed by atoms with van der Waals surface area (Å²) in [7, 11) is 0. The summed E-state index contributed by atoms with van der Waals surface area (Å²) in [4.78, 5) is 0. The number of aryl methyl sites for hydroxylation is 1. The highest BCUT2D eigenvalue weighted by Gasteiger charge is 1.91. The van der Waals surface area contributed by atoms with Gasteiger partial charge in [0.15, 0.2) is 0 Å². The van der Waals surface area contributed by atoms with E-state index in [-0.39, 0.29) is 7.43 Å². The highest BCUT2D eigenvalue weighted by molar-refractivity contribution is 5.85. The fraction of sp³-hybridized carbons (Fsp3) is 0.375. The third-order valence-corrected chi connectivity index (χ3v) is 2.01. The Hall–Kier alpha value is -1.30. The first kappa shape index (κ1) is 17.1. The number of hydrogen-bond acceptors (Lipinski definition) is 0. The molecule has 0 spiro atoms. The third-order valence-electron chi connectivity index (χ3n) is 2.01. The maximum absolute atomic E-state index is 2.16. The molecule has 90 valence electrons. The predicted octanol–water partition coefficient (Wildman–Crippen LogP) is 5.84. The van der Waals surface area contributed by atoms with Gasteiger partial charge in [0.05, 0.1) is 0 Å². The Bertz CT molecular complexity index is 369. The van der Waals surface area contributed by atoms with Crippen LogP contribution in [0.2, 0.25) is 0 Å². The Morgan fingerprint density at radius 3 is 1.75 bits per heavy atom. The minimum Gasteiger partial charge on any atom is -0.0776 e. The zero-order valence-corrected chi connectivity index (χ0v) is 10.5. The monoisotopic (exact) mass is 218 g/mol. The fourth-order valence-electron chi connectivity index (χ4n) is 1.39. The Morgan fingerprint density at radius 2 is 1.19 bits per heavy atom. The van der Waals surface area contributed by atoms with E-state index in [9.17, 15) is 0 Å². The first-order valence-corrected chi connectivity index (χ1v) is 5.82. The number of rotatable bonds is 0. The van der Waals surface area contributed by atoms with Gasteiger partial charge in [-0.25, -0.2) is 0 Å². The molecule has 0 saturated carbocycles. The maximum atomic E-state index is 2.16. The van der Waals surface area contributed by atoms with E-state index in [4.69, 9.17) is 0 Å². The van der Waals surface area contributed by atoms with Gasteiger partial charge in [0.2, 0.25) is 0 Å². The van der Waals surface area contributed by atoms with Gasteiger partial charge in [0, 0.05) is 0 Å². The Balaban J connectivity index is 0. The van der Waals surface area contributed by atoms with Crippen molar-refractivity contribution in [2.45, 2.75) is 42.0 Å². The van der Waals surface area contributed by atoms with Crippen LogP contribution in [0.15, 0.2) is 42.5 Å². The van der Waals surface area contributed by atoms with Gasteiger partial charge in [0.25, 0.3) is 0 Å². The van der Waals surface area contributed by atoms with Crippen molar-refractivity contribution in [2.24, 2.45) is 0 Å². The quantitative estimate of drug-likeness (QED) is 0.521. The van der Waals surface area contributed by atoms with E-state index in [1.807, 2.05) is 27.7 Å². The molecule has 0 nitrogen and oxygen atoms in total. The van der Waals surface area contributed by atoms with Crippen LogP contribution in [0.3, 0.4) is 0 Å². The van der Waals surface area contributed by atoms with Crippen LogP contribution in [-0.4, -0.2) is 0 Å². The van der Waals surface area contributed by atoms with Crippen LogP contribution >= 0.6 is 0 Å². The first-order chi connectivity index (χ1) is 7.38. The number of hydrogen-bond donors (Lipinski definition) is 0. The zero-order chi connectivity index (χ0) is 11.7. The van der Waals surface area contributed by atoms with Gasteiger partial charge < -0.3 is 0 Å². The molecule has 0 saturated heterocycles. The molecule has 0 aliphatic carbocycles. The minimum atomic E-state index is 0. The molecule has 0 aliphatic rings. The van der Waals surface area contributed by atoms with E-state index in [1.54, 1.807) is 0 Å². The van der Waals surface area contributed by atoms with Crippen LogP contribution in [0.1, 0.15) is 40.7 Å². The molecule has 2 rings (SSSR count). The van der Waals surface area contributed by atoms with Crippen molar-refractivity contribution in [1.29, 1.82) is 0 Å². The molecule has 0 N–H and O–H groups in total. The van der Waals surface area contributed by atoms with Gasteiger partial charge in [0.1, 0.15) is 0 Å². The number of fused-ring (bicyclic) bond motifs is 1. The van der Waals surface area contributed by atoms with Crippen LogP contribution in [-0.2, 0) is 0 Å². The molecule has 16 heavy (non-hydrogen) atoms. The smallest absolute Gasteiger partial charge is 0.0155 e. The Morgan fingerprint density at radius 1 is 0.688 bits per heavy atom. The Labute approximate surface area is 101 Å². The van der Waals surface area contributed by atoms with Crippen LogP contribution in [0.4, 0.5) is 0 Å². The summed E-state index contributed by atoms with van der Waals surface area (Å²) >= 11 is 0. The topological polar surface area (TPSA) is 0 Å². The predicted molar refractivity (Wildman–Crippen MR) is 78.1 cm³/mol. The number of benzene rings is 2. The largest absolute Gasteiger partial charge is 0.0776 e. The lowest BCUT2D eigenvalue weighted by molar-refractivity contribution is 1.50. The standard InChI is InChI=1S/C11H10.2C2H6.CH4/c1-9-5-4-7-10-6-2-3-8-11(9)10;2*1-2;/h2-8H,1H3;2*1-2H3;1H4. The van der Waals surface area contributed by atoms with Crippen molar-refractivity contribution in [3.05, 3.63) is 48.0 Å². The molecule has 0 aliphatic heterocycles. The summed E-state index contributed by atoms with van der Waals surface area (Å²) in [6.45, 7) is 10.1. The van der Waals surface area contributed by atoms with E-state index in [0.29, 0.717) is 0 Å². The summed E-state index contributed by atoms with van der Waals surface area (Å²) in [6, 6.07) is 14.8. The van der Waals surface area contributed by atoms with Gasteiger partial charge in [-0.15, -0.1) is 0 Å². The summed E-state index contributed by atoms with van der Waals surface area (Å²) < 4.78 is 0. The van der Waals surface area contributed by atoms with E-state index in [2.05, 4.69) is 49.4 Å². The molecule has 2 aromatic rings. The van der Waals surface area contributed by atoms with Crippen molar-refractivity contribution < 1.29 is 0 Å². The molecule has 0 fully saturated rings. The second-order valence-corrected chi connectivity index (χ2v) is 2.80. The van der Waals surface area contributed by atoms with E-state index in [0.717, 1.165) is 0 Å². The molecular formula is C16H26. The lowest BCUT2D eigenvalue weighted by Gasteiger charge is -1.98. The van der Waals surface area contributed by atoms with Crippen LogP contribution in [0.5, 0.6) is 0 Å². The molecule has 0 amide bonds. The van der Waals surface area contributed by atoms with Crippen molar-refractivity contribution in [2.75, 3.05) is 0 Å².